The first-order valence-corrected chi connectivity index (χ1v) is 8.05. The fourth-order valence-electron chi connectivity index (χ4n) is 3.95. The highest BCUT2D eigenvalue weighted by molar-refractivity contribution is 5.66. The summed E-state index contributed by atoms with van der Waals surface area (Å²) in [7, 11) is 1.73. The first-order chi connectivity index (χ1) is 10.2. The largest absolute Gasteiger partial charge is 0.493 e. The number of fused-ring (bicyclic) bond motifs is 2. The number of rotatable bonds is 2. The fraction of sp³-hybridized carbons (Fsp3) is 0.647. The van der Waals surface area contributed by atoms with Crippen molar-refractivity contribution in [3.05, 3.63) is 16.7 Å². The van der Waals surface area contributed by atoms with Gasteiger partial charge in [0.2, 0.25) is 0 Å². The molecule has 2 N–H and O–H groups in total. The van der Waals surface area contributed by atoms with E-state index in [4.69, 9.17) is 19.9 Å². The summed E-state index contributed by atoms with van der Waals surface area (Å²) in [4.78, 5) is 0. The van der Waals surface area contributed by atoms with Crippen LogP contribution >= 0.6 is 0 Å². The molecule has 4 heteroatoms. The number of nitrogens with two attached hydrogens (primary N) is 1. The number of ether oxygens (including phenoxy) is 3. The van der Waals surface area contributed by atoms with Gasteiger partial charge >= 0.3 is 0 Å². The average molecular weight is 289 g/mol. The van der Waals surface area contributed by atoms with Crippen LogP contribution in [-0.2, 0) is 18.4 Å². The standard InChI is InChI=1S/C17H23NO3/c1-19-15-12-6-3-9-20-14(12)13(17(18)7-4-8-17)11-5-2-10-21-16(11)15/h2-10,18H2,1H3. The van der Waals surface area contributed by atoms with Gasteiger partial charge in [0.15, 0.2) is 11.5 Å². The maximum atomic E-state index is 6.69. The molecule has 4 nitrogen and oxygen atoms in total. The van der Waals surface area contributed by atoms with Crippen LogP contribution in [0.15, 0.2) is 0 Å². The van der Waals surface area contributed by atoms with E-state index in [-0.39, 0.29) is 5.54 Å². The fourth-order valence-corrected chi connectivity index (χ4v) is 3.95. The summed E-state index contributed by atoms with van der Waals surface area (Å²) >= 11 is 0. The van der Waals surface area contributed by atoms with Crippen LogP contribution in [0.1, 0.15) is 48.8 Å². The Kier molecular flexibility index (Phi) is 3.03. The second-order valence-electron chi connectivity index (χ2n) is 6.44. The van der Waals surface area contributed by atoms with Gasteiger partial charge in [-0.15, -0.1) is 0 Å². The van der Waals surface area contributed by atoms with Gasteiger partial charge in [-0.05, 0) is 44.9 Å². The van der Waals surface area contributed by atoms with Gasteiger partial charge < -0.3 is 19.9 Å². The van der Waals surface area contributed by atoms with Crippen LogP contribution in [0.25, 0.3) is 0 Å². The number of hydrogen-bond acceptors (Lipinski definition) is 4. The van der Waals surface area contributed by atoms with Crippen LogP contribution in [0.5, 0.6) is 17.2 Å². The molecular weight excluding hydrogens is 266 g/mol. The molecule has 1 fully saturated rings. The third kappa shape index (κ3) is 1.85. The normalized spacial score (nSPS) is 22.2. The summed E-state index contributed by atoms with van der Waals surface area (Å²) in [5.74, 6) is 2.82. The highest BCUT2D eigenvalue weighted by atomic mass is 16.5. The quantitative estimate of drug-likeness (QED) is 0.909. The first kappa shape index (κ1) is 13.3. The zero-order chi connectivity index (χ0) is 14.4. The minimum Gasteiger partial charge on any atom is -0.493 e. The zero-order valence-electron chi connectivity index (χ0n) is 12.7. The molecule has 0 spiro atoms. The van der Waals surface area contributed by atoms with Crippen LogP contribution < -0.4 is 19.9 Å². The minimum atomic E-state index is -0.224. The van der Waals surface area contributed by atoms with Crippen molar-refractivity contribution in [2.75, 3.05) is 20.3 Å². The molecule has 114 valence electrons. The Morgan fingerprint density at radius 3 is 2.24 bits per heavy atom. The van der Waals surface area contributed by atoms with Gasteiger partial charge in [0.1, 0.15) is 5.75 Å². The van der Waals surface area contributed by atoms with Crippen molar-refractivity contribution in [2.24, 2.45) is 5.73 Å². The Labute approximate surface area is 125 Å². The van der Waals surface area contributed by atoms with E-state index >= 15 is 0 Å². The van der Waals surface area contributed by atoms with E-state index in [0.717, 1.165) is 74.6 Å². The first-order valence-electron chi connectivity index (χ1n) is 8.05. The molecular formula is C17H23NO3. The molecule has 0 saturated heterocycles. The summed E-state index contributed by atoms with van der Waals surface area (Å²) in [6.45, 7) is 1.54. The van der Waals surface area contributed by atoms with E-state index in [0.29, 0.717) is 0 Å². The number of benzene rings is 1. The van der Waals surface area contributed by atoms with Gasteiger partial charge in [-0.2, -0.15) is 0 Å². The number of hydrogen-bond donors (Lipinski definition) is 1. The third-order valence-corrected chi connectivity index (χ3v) is 5.14. The summed E-state index contributed by atoms with van der Waals surface area (Å²) in [5.41, 5.74) is 10.1. The molecule has 21 heavy (non-hydrogen) atoms. The Bertz CT molecular complexity index is 541. The van der Waals surface area contributed by atoms with Gasteiger partial charge in [-0.25, -0.2) is 0 Å². The van der Waals surface area contributed by atoms with E-state index in [1.165, 1.54) is 17.5 Å². The predicted octanol–water partition coefficient (Wildman–Crippen LogP) is 2.68. The van der Waals surface area contributed by atoms with Crippen molar-refractivity contribution in [1.29, 1.82) is 0 Å². The van der Waals surface area contributed by atoms with Gasteiger partial charge in [-0.3, -0.25) is 0 Å². The molecule has 0 atom stereocenters. The van der Waals surface area contributed by atoms with Crippen LogP contribution in [0.2, 0.25) is 0 Å². The molecule has 0 bridgehead atoms. The van der Waals surface area contributed by atoms with Crippen LogP contribution in [0, 0.1) is 0 Å². The predicted molar refractivity (Wildman–Crippen MR) is 80.3 cm³/mol. The SMILES string of the molecule is COc1c2c(c(C3(N)CCC3)c3c1OCCC3)OCCC2. The monoisotopic (exact) mass is 289 g/mol. The molecule has 3 aliphatic rings. The van der Waals surface area contributed by atoms with Crippen molar-refractivity contribution in [2.45, 2.75) is 50.5 Å². The van der Waals surface area contributed by atoms with Gasteiger partial charge in [0.25, 0.3) is 0 Å². The van der Waals surface area contributed by atoms with E-state index in [2.05, 4.69) is 0 Å². The lowest BCUT2D eigenvalue weighted by Gasteiger charge is -2.43. The Morgan fingerprint density at radius 2 is 1.62 bits per heavy atom. The summed E-state index contributed by atoms with van der Waals surface area (Å²) < 4.78 is 17.7. The molecule has 0 unspecified atom stereocenters. The molecule has 1 saturated carbocycles. The maximum absolute atomic E-state index is 6.69. The molecule has 2 heterocycles. The van der Waals surface area contributed by atoms with Gasteiger partial charge in [-0.1, -0.05) is 0 Å². The van der Waals surface area contributed by atoms with Crippen molar-refractivity contribution < 1.29 is 14.2 Å². The zero-order valence-corrected chi connectivity index (χ0v) is 12.7. The molecule has 0 amide bonds. The van der Waals surface area contributed by atoms with Gasteiger partial charge in [0.05, 0.1) is 20.3 Å². The summed E-state index contributed by atoms with van der Waals surface area (Å²) in [5, 5.41) is 0. The smallest absolute Gasteiger partial charge is 0.167 e. The van der Waals surface area contributed by atoms with Crippen molar-refractivity contribution in [1.82, 2.24) is 0 Å². The van der Waals surface area contributed by atoms with Crippen molar-refractivity contribution >= 4 is 0 Å². The molecule has 4 rings (SSSR count). The Hall–Kier alpha value is -1.42. The van der Waals surface area contributed by atoms with E-state index < -0.39 is 0 Å². The summed E-state index contributed by atoms with van der Waals surface area (Å²) in [6.07, 6.45) is 7.35. The summed E-state index contributed by atoms with van der Waals surface area (Å²) in [6, 6.07) is 0. The van der Waals surface area contributed by atoms with Gasteiger partial charge in [0, 0.05) is 22.2 Å². The van der Waals surface area contributed by atoms with E-state index in [9.17, 15) is 0 Å². The lowest BCUT2D eigenvalue weighted by atomic mass is 9.69. The van der Waals surface area contributed by atoms with Crippen LogP contribution in [-0.4, -0.2) is 20.3 Å². The highest BCUT2D eigenvalue weighted by Crippen LogP contribution is 2.54. The Morgan fingerprint density at radius 1 is 0.952 bits per heavy atom. The minimum absolute atomic E-state index is 0.224. The Balaban J connectivity index is 1.99. The van der Waals surface area contributed by atoms with Crippen molar-refractivity contribution in [3.63, 3.8) is 0 Å². The lowest BCUT2D eigenvalue weighted by Crippen LogP contribution is -2.45. The molecule has 1 aromatic rings. The van der Waals surface area contributed by atoms with Crippen LogP contribution in [0.4, 0.5) is 0 Å². The third-order valence-electron chi connectivity index (χ3n) is 5.14. The maximum Gasteiger partial charge on any atom is 0.167 e. The topological polar surface area (TPSA) is 53.7 Å². The lowest BCUT2D eigenvalue weighted by molar-refractivity contribution is 0.211. The van der Waals surface area contributed by atoms with Crippen LogP contribution in [0.3, 0.4) is 0 Å². The molecule has 2 aliphatic heterocycles. The van der Waals surface area contributed by atoms with Crippen molar-refractivity contribution in [3.8, 4) is 17.2 Å². The second kappa shape index (κ2) is 4.80. The number of methoxy groups -OCH3 is 1. The molecule has 0 aromatic heterocycles. The second-order valence-corrected chi connectivity index (χ2v) is 6.44. The van der Waals surface area contributed by atoms with E-state index in [1.807, 2.05) is 0 Å². The molecule has 0 radical (unpaired) electrons. The molecule has 1 aromatic carbocycles. The van der Waals surface area contributed by atoms with E-state index in [1.54, 1.807) is 7.11 Å². The molecule has 1 aliphatic carbocycles. The average Bonchev–Trinajstić information content (AvgIpc) is 2.50. The highest BCUT2D eigenvalue weighted by Gasteiger charge is 2.43.